The number of esters is 1. The van der Waals surface area contributed by atoms with E-state index in [4.69, 9.17) is 9.84 Å². The third-order valence-electron chi connectivity index (χ3n) is 2.30. The second-order valence-corrected chi connectivity index (χ2v) is 3.88. The Morgan fingerprint density at radius 3 is 2.18 bits per heavy atom. The van der Waals surface area contributed by atoms with Crippen LogP contribution in [0.1, 0.15) is 58.3 Å². The molecule has 0 aromatic carbocycles. The smallest absolute Gasteiger partial charge is 0.306 e. The molecule has 0 aliphatic carbocycles. The van der Waals surface area contributed by atoms with E-state index in [0.717, 1.165) is 12.8 Å². The highest BCUT2D eigenvalue weighted by Crippen LogP contribution is 2.05. The summed E-state index contributed by atoms with van der Waals surface area (Å²) in [5, 5.41) is 8.35. The van der Waals surface area contributed by atoms with Gasteiger partial charge < -0.3 is 9.84 Å². The van der Waals surface area contributed by atoms with Gasteiger partial charge in [-0.15, -0.1) is 0 Å². The minimum absolute atomic E-state index is 0. The number of hydrogen-bond acceptors (Lipinski definition) is 3. The van der Waals surface area contributed by atoms with Crippen molar-refractivity contribution in [3.63, 3.8) is 0 Å². The van der Waals surface area contributed by atoms with Crippen molar-refractivity contribution in [3.8, 4) is 0 Å². The fourth-order valence-electron chi connectivity index (χ4n) is 1.35. The first-order valence-electron chi connectivity index (χ1n) is 6.04. The summed E-state index contributed by atoms with van der Waals surface area (Å²) in [5.41, 5.74) is 0. The summed E-state index contributed by atoms with van der Waals surface area (Å²) in [4.78, 5) is 21.2. The van der Waals surface area contributed by atoms with Crippen LogP contribution in [0.25, 0.3) is 0 Å². The van der Waals surface area contributed by atoms with Gasteiger partial charge in [-0.3, -0.25) is 9.59 Å². The number of rotatable bonds is 10. The molecular formula is C12H25AlO4. The van der Waals surface area contributed by atoms with Gasteiger partial charge in [0.1, 0.15) is 0 Å². The summed E-state index contributed by atoms with van der Waals surface area (Å²) in [6.07, 6.45) is 6.70. The van der Waals surface area contributed by atoms with E-state index < -0.39 is 11.9 Å². The number of aliphatic carboxylic acids is 1. The zero-order valence-electron chi connectivity index (χ0n) is 10.0. The highest BCUT2D eigenvalue weighted by molar-refractivity contribution is 5.76. The maximum absolute atomic E-state index is 11.0. The van der Waals surface area contributed by atoms with E-state index in [2.05, 4.69) is 6.92 Å². The first-order valence-corrected chi connectivity index (χ1v) is 6.04. The molecular weight excluding hydrogens is 235 g/mol. The van der Waals surface area contributed by atoms with Crippen LogP contribution < -0.4 is 0 Å². The highest BCUT2D eigenvalue weighted by atomic mass is 27.0. The van der Waals surface area contributed by atoms with Crippen LogP contribution in [0.2, 0.25) is 0 Å². The van der Waals surface area contributed by atoms with Gasteiger partial charge in [0.2, 0.25) is 0 Å². The van der Waals surface area contributed by atoms with Crippen molar-refractivity contribution in [2.45, 2.75) is 58.3 Å². The standard InChI is InChI=1S/C12H22O4.Al.3H/c1-2-3-4-5-6-7-10-16-12(15)9-8-11(13)14;;;;/h2-10H2,1H3,(H,13,14);;;;. The normalized spacial score (nSPS) is 9.47. The van der Waals surface area contributed by atoms with Crippen LogP contribution >= 0.6 is 0 Å². The third-order valence-corrected chi connectivity index (χ3v) is 2.30. The molecule has 0 saturated carbocycles. The quantitative estimate of drug-likeness (QED) is 0.368. The highest BCUT2D eigenvalue weighted by Gasteiger charge is 2.05. The number of ether oxygens (including phenoxy) is 1. The van der Waals surface area contributed by atoms with E-state index in [1.807, 2.05) is 0 Å². The van der Waals surface area contributed by atoms with Gasteiger partial charge in [0.05, 0.1) is 19.4 Å². The molecule has 0 radical (unpaired) electrons. The SMILES string of the molecule is CCCCCCCCOC(=O)CCC(=O)O.[AlH3]. The van der Waals surface area contributed by atoms with Crippen LogP contribution in [0.15, 0.2) is 0 Å². The lowest BCUT2D eigenvalue weighted by molar-refractivity contribution is -0.147. The topological polar surface area (TPSA) is 63.6 Å². The second kappa shape index (κ2) is 13.5. The Morgan fingerprint density at radius 1 is 1.00 bits per heavy atom. The Labute approximate surface area is 114 Å². The van der Waals surface area contributed by atoms with Gasteiger partial charge >= 0.3 is 11.9 Å². The Hall–Kier alpha value is -0.528. The molecule has 100 valence electrons. The molecule has 0 atom stereocenters. The van der Waals surface area contributed by atoms with E-state index in [1.165, 1.54) is 25.7 Å². The van der Waals surface area contributed by atoms with Crippen LogP contribution in [0.3, 0.4) is 0 Å². The Balaban J connectivity index is 0. The van der Waals surface area contributed by atoms with Crippen LogP contribution in [0, 0.1) is 0 Å². The zero-order valence-corrected chi connectivity index (χ0v) is 10.0. The Bertz CT molecular complexity index is 207. The van der Waals surface area contributed by atoms with Crippen LogP contribution in [0.5, 0.6) is 0 Å². The zero-order chi connectivity index (χ0) is 12.2. The molecule has 0 bridgehead atoms. The van der Waals surface area contributed by atoms with Crippen molar-refractivity contribution in [2.75, 3.05) is 6.61 Å². The van der Waals surface area contributed by atoms with Gasteiger partial charge in [-0.1, -0.05) is 39.0 Å². The Kier molecular flexibility index (Phi) is 15.0. The molecule has 0 aromatic heterocycles. The summed E-state index contributed by atoms with van der Waals surface area (Å²) in [6.45, 7) is 2.59. The molecule has 0 aliphatic heterocycles. The fourth-order valence-corrected chi connectivity index (χ4v) is 1.35. The molecule has 0 aromatic rings. The van der Waals surface area contributed by atoms with Gasteiger partial charge in [0.25, 0.3) is 0 Å². The first kappa shape index (κ1) is 18.8. The number of unbranched alkanes of at least 4 members (excludes halogenated alkanes) is 5. The molecule has 1 N–H and O–H groups in total. The maximum atomic E-state index is 11.0. The Morgan fingerprint density at radius 2 is 1.59 bits per heavy atom. The van der Waals surface area contributed by atoms with Gasteiger partial charge in [0.15, 0.2) is 17.4 Å². The number of carbonyl (C=O) groups excluding carboxylic acids is 1. The van der Waals surface area contributed by atoms with Crippen molar-refractivity contribution in [1.29, 1.82) is 0 Å². The summed E-state index contributed by atoms with van der Waals surface area (Å²) in [6, 6.07) is 0. The lowest BCUT2D eigenvalue weighted by Gasteiger charge is -2.03. The molecule has 5 heteroatoms. The first-order chi connectivity index (χ1) is 7.66. The largest absolute Gasteiger partial charge is 0.481 e. The minimum atomic E-state index is -0.962. The van der Waals surface area contributed by atoms with Crippen LogP contribution in [-0.4, -0.2) is 41.0 Å². The van der Waals surface area contributed by atoms with E-state index in [1.54, 1.807) is 0 Å². The molecule has 4 nitrogen and oxygen atoms in total. The number of carbonyl (C=O) groups is 2. The van der Waals surface area contributed by atoms with Crippen molar-refractivity contribution in [3.05, 3.63) is 0 Å². The van der Waals surface area contributed by atoms with Crippen LogP contribution in [0.4, 0.5) is 0 Å². The maximum Gasteiger partial charge on any atom is 0.306 e. The van der Waals surface area contributed by atoms with Crippen molar-refractivity contribution < 1.29 is 19.4 Å². The van der Waals surface area contributed by atoms with Gasteiger partial charge in [0, 0.05) is 0 Å². The summed E-state index contributed by atoms with van der Waals surface area (Å²) in [5.74, 6) is -1.37. The van der Waals surface area contributed by atoms with Crippen molar-refractivity contribution >= 4 is 29.3 Å². The van der Waals surface area contributed by atoms with Crippen molar-refractivity contribution in [1.82, 2.24) is 0 Å². The number of carboxylic acids is 1. The monoisotopic (exact) mass is 260 g/mol. The summed E-state index contributed by atoms with van der Waals surface area (Å²) >= 11 is 0. The lowest BCUT2D eigenvalue weighted by Crippen LogP contribution is -2.08. The predicted octanol–water partition coefficient (Wildman–Crippen LogP) is 1.57. The third kappa shape index (κ3) is 15.5. The average molecular weight is 260 g/mol. The molecule has 0 rings (SSSR count). The molecule has 0 heterocycles. The van der Waals surface area contributed by atoms with Crippen LogP contribution in [-0.2, 0) is 14.3 Å². The number of hydrogen-bond donors (Lipinski definition) is 1. The summed E-state index contributed by atoms with van der Waals surface area (Å²) < 4.78 is 4.90. The van der Waals surface area contributed by atoms with Gasteiger partial charge in [-0.25, -0.2) is 0 Å². The molecule has 0 spiro atoms. The molecule has 17 heavy (non-hydrogen) atoms. The minimum Gasteiger partial charge on any atom is -0.481 e. The average Bonchev–Trinajstić information content (AvgIpc) is 2.25. The lowest BCUT2D eigenvalue weighted by atomic mass is 10.1. The van der Waals surface area contributed by atoms with E-state index in [0.29, 0.717) is 6.61 Å². The predicted molar refractivity (Wildman–Crippen MR) is 71.1 cm³/mol. The van der Waals surface area contributed by atoms with Crippen molar-refractivity contribution in [2.24, 2.45) is 0 Å². The molecule has 0 aliphatic rings. The molecule has 0 amide bonds. The van der Waals surface area contributed by atoms with E-state index >= 15 is 0 Å². The van der Waals surface area contributed by atoms with Gasteiger partial charge in [-0.05, 0) is 6.42 Å². The second-order valence-electron chi connectivity index (χ2n) is 3.88. The number of carboxylic acid groups (broad SMARTS) is 1. The summed E-state index contributed by atoms with van der Waals surface area (Å²) in [7, 11) is 0. The molecule has 0 fully saturated rings. The van der Waals surface area contributed by atoms with E-state index in [9.17, 15) is 9.59 Å². The van der Waals surface area contributed by atoms with E-state index in [-0.39, 0.29) is 30.2 Å². The fraction of sp³-hybridized carbons (Fsp3) is 0.833. The molecule has 0 unspecified atom stereocenters. The van der Waals surface area contributed by atoms with Gasteiger partial charge in [-0.2, -0.15) is 0 Å². The molecule has 0 saturated heterocycles.